The minimum Gasteiger partial charge on any atom is -0.325 e. The largest absolute Gasteiger partial charge is 0.325 e. The van der Waals surface area contributed by atoms with Gasteiger partial charge in [0.2, 0.25) is 11.8 Å². The molecule has 2 aliphatic rings. The molecule has 0 bridgehead atoms. The molecule has 0 saturated carbocycles. The first-order valence-electron chi connectivity index (χ1n) is 8.60. The molecular formula is C20H15ClN4O2. The van der Waals surface area contributed by atoms with Gasteiger partial charge in [0, 0.05) is 22.7 Å². The lowest BCUT2D eigenvalue weighted by Gasteiger charge is -2.31. The van der Waals surface area contributed by atoms with Gasteiger partial charge in [0.05, 0.1) is 12.7 Å². The van der Waals surface area contributed by atoms with Crippen LogP contribution in [-0.2, 0) is 21.5 Å². The molecule has 0 unspecified atom stereocenters. The molecule has 1 aromatic heterocycles. The molecule has 0 fully saturated rings. The van der Waals surface area contributed by atoms with Gasteiger partial charge in [-0.1, -0.05) is 48.0 Å². The van der Waals surface area contributed by atoms with Crippen molar-refractivity contribution in [2.24, 2.45) is 0 Å². The van der Waals surface area contributed by atoms with E-state index in [2.05, 4.69) is 15.7 Å². The van der Waals surface area contributed by atoms with E-state index >= 15 is 0 Å². The number of para-hydroxylation sites is 1. The maximum atomic E-state index is 13.0. The first kappa shape index (κ1) is 16.1. The zero-order valence-corrected chi connectivity index (χ0v) is 15.0. The maximum Gasteiger partial charge on any atom is 0.240 e. The number of amides is 2. The van der Waals surface area contributed by atoms with Crippen LogP contribution >= 0.6 is 11.6 Å². The molecule has 2 amide bonds. The van der Waals surface area contributed by atoms with Gasteiger partial charge in [-0.15, -0.1) is 0 Å². The first-order chi connectivity index (χ1) is 13.1. The normalized spacial score (nSPS) is 20.2. The lowest BCUT2D eigenvalue weighted by Crippen LogP contribution is -2.43. The third-order valence-electron chi connectivity index (χ3n) is 5.28. The van der Waals surface area contributed by atoms with Crippen LogP contribution in [-0.4, -0.2) is 21.6 Å². The number of benzene rings is 2. The lowest BCUT2D eigenvalue weighted by atomic mass is 9.72. The Bertz CT molecular complexity index is 1110. The van der Waals surface area contributed by atoms with Crippen molar-refractivity contribution in [3.8, 4) is 0 Å². The van der Waals surface area contributed by atoms with Crippen LogP contribution in [0.4, 0.5) is 11.5 Å². The zero-order chi connectivity index (χ0) is 18.6. The van der Waals surface area contributed by atoms with Gasteiger partial charge in [0.15, 0.2) is 0 Å². The van der Waals surface area contributed by atoms with Gasteiger partial charge >= 0.3 is 0 Å². The molecule has 0 radical (unpaired) electrons. The van der Waals surface area contributed by atoms with Crippen molar-refractivity contribution in [1.29, 1.82) is 0 Å². The van der Waals surface area contributed by atoms with Crippen LogP contribution in [0.15, 0.2) is 54.7 Å². The summed E-state index contributed by atoms with van der Waals surface area (Å²) in [6.07, 6.45) is 1.73. The highest BCUT2D eigenvalue weighted by Gasteiger charge is 2.54. The van der Waals surface area contributed by atoms with Crippen molar-refractivity contribution in [2.75, 3.05) is 10.6 Å². The van der Waals surface area contributed by atoms with E-state index < -0.39 is 5.41 Å². The van der Waals surface area contributed by atoms with Gasteiger partial charge in [-0.2, -0.15) is 5.10 Å². The van der Waals surface area contributed by atoms with Crippen molar-refractivity contribution in [3.05, 3.63) is 76.4 Å². The zero-order valence-electron chi connectivity index (χ0n) is 14.2. The summed E-state index contributed by atoms with van der Waals surface area (Å²) in [6.45, 7) is 0.397. The molecule has 0 aliphatic carbocycles. The Morgan fingerprint density at radius 2 is 1.81 bits per heavy atom. The first-order valence-corrected chi connectivity index (χ1v) is 8.98. The molecule has 2 N–H and O–H groups in total. The molecular weight excluding hydrogens is 364 g/mol. The highest BCUT2D eigenvalue weighted by atomic mass is 35.5. The predicted octanol–water partition coefficient (Wildman–Crippen LogP) is 3.17. The van der Waals surface area contributed by atoms with E-state index in [-0.39, 0.29) is 18.2 Å². The smallest absolute Gasteiger partial charge is 0.240 e. The van der Waals surface area contributed by atoms with Gasteiger partial charge in [0.1, 0.15) is 11.2 Å². The summed E-state index contributed by atoms with van der Waals surface area (Å²) in [5, 5.41) is 10.9. The van der Waals surface area contributed by atoms with Gasteiger partial charge in [-0.3, -0.25) is 9.59 Å². The van der Waals surface area contributed by atoms with Crippen LogP contribution in [0.1, 0.15) is 23.1 Å². The minimum absolute atomic E-state index is 0.0562. The Morgan fingerprint density at radius 3 is 2.67 bits per heavy atom. The fourth-order valence-corrected chi connectivity index (χ4v) is 4.20. The summed E-state index contributed by atoms with van der Waals surface area (Å²) in [5.74, 6) is 0.130. The minimum atomic E-state index is -1.05. The third-order valence-corrected chi connectivity index (χ3v) is 5.65. The highest BCUT2D eigenvalue weighted by Crippen LogP contribution is 2.49. The number of nitrogens with zero attached hydrogens (tertiary/aromatic N) is 2. The average Bonchev–Trinajstić information content (AvgIpc) is 3.17. The summed E-state index contributed by atoms with van der Waals surface area (Å²) in [5.41, 5.74) is 2.09. The summed E-state index contributed by atoms with van der Waals surface area (Å²) < 4.78 is 1.68. The van der Waals surface area contributed by atoms with E-state index in [0.29, 0.717) is 22.9 Å². The van der Waals surface area contributed by atoms with Gasteiger partial charge < -0.3 is 10.6 Å². The molecule has 2 aliphatic heterocycles. The number of anilines is 2. The standard InChI is InChI=1S/C20H15ClN4O2/c21-15-7-3-1-5-12(15)11-25-18-14(10-22-25)20(9-17(26)24-18)13-6-2-4-8-16(13)23-19(20)27/h1-8,10H,9,11H2,(H,23,27)(H,24,26)/t20-/m0/s1. The number of halogens is 1. The van der Waals surface area contributed by atoms with Crippen molar-refractivity contribution >= 4 is 34.9 Å². The van der Waals surface area contributed by atoms with Crippen LogP contribution in [0.3, 0.4) is 0 Å². The van der Waals surface area contributed by atoms with Gasteiger partial charge in [-0.25, -0.2) is 4.68 Å². The molecule has 0 saturated heterocycles. The Labute approximate surface area is 160 Å². The quantitative estimate of drug-likeness (QED) is 0.719. The molecule has 3 aromatic rings. The molecule has 2 aromatic carbocycles. The second kappa shape index (κ2) is 5.69. The molecule has 1 spiro atoms. The van der Waals surface area contributed by atoms with E-state index in [1.54, 1.807) is 10.9 Å². The van der Waals surface area contributed by atoms with Crippen molar-refractivity contribution in [2.45, 2.75) is 18.4 Å². The second-order valence-electron chi connectivity index (χ2n) is 6.79. The number of rotatable bonds is 2. The number of carbonyl (C=O) groups excluding carboxylic acids is 2. The van der Waals surface area contributed by atoms with Crippen LogP contribution < -0.4 is 10.6 Å². The maximum absolute atomic E-state index is 13.0. The summed E-state index contributed by atoms with van der Waals surface area (Å²) in [4.78, 5) is 25.5. The summed E-state index contributed by atoms with van der Waals surface area (Å²) in [6, 6.07) is 15.0. The Kier molecular flexibility index (Phi) is 3.39. The van der Waals surface area contributed by atoms with E-state index in [1.807, 2.05) is 48.5 Å². The fourth-order valence-electron chi connectivity index (χ4n) is 4.01. The number of hydrogen-bond acceptors (Lipinski definition) is 3. The summed E-state index contributed by atoms with van der Waals surface area (Å²) >= 11 is 6.27. The van der Waals surface area contributed by atoms with E-state index in [0.717, 1.165) is 16.8 Å². The summed E-state index contributed by atoms with van der Waals surface area (Å²) in [7, 11) is 0. The second-order valence-corrected chi connectivity index (χ2v) is 7.19. The van der Waals surface area contributed by atoms with Crippen molar-refractivity contribution in [3.63, 3.8) is 0 Å². The molecule has 134 valence electrons. The number of nitrogens with one attached hydrogen (secondary N) is 2. The monoisotopic (exact) mass is 378 g/mol. The van der Waals surface area contributed by atoms with Crippen molar-refractivity contribution in [1.82, 2.24) is 9.78 Å². The molecule has 3 heterocycles. The van der Waals surface area contributed by atoms with E-state index in [4.69, 9.17) is 11.6 Å². The SMILES string of the molecule is O=C1C[C@@]2(C(=O)Nc3ccccc32)c2cnn(Cc3ccccc3Cl)c2N1. The van der Waals surface area contributed by atoms with Gasteiger partial charge in [-0.05, 0) is 23.3 Å². The lowest BCUT2D eigenvalue weighted by molar-refractivity contribution is -0.125. The Hall–Kier alpha value is -3.12. The average molecular weight is 379 g/mol. The molecule has 7 heteroatoms. The number of hydrogen-bond donors (Lipinski definition) is 2. The molecule has 6 nitrogen and oxygen atoms in total. The van der Waals surface area contributed by atoms with Crippen molar-refractivity contribution < 1.29 is 9.59 Å². The number of carbonyl (C=O) groups is 2. The van der Waals surface area contributed by atoms with Crippen LogP contribution in [0, 0.1) is 0 Å². The number of aromatic nitrogens is 2. The van der Waals surface area contributed by atoms with E-state index in [1.165, 1.54) is 0 Å². The number of fused-ring (bicyclic) bond motifs is 4. The Balaban J connectivity index is 1.67. The fraction of sp³-hybridized carbons (Fsp3) is 0.150. The van der Waals surface area contributed by atoms with Crippen LogP contribution in [0.25, 0.3) is 0 Å². The van der Waals surface area contributed by atoms with E-state index in [9.17, 15) is 9.59 Å². The molecule has 27 heavy (non-hydrogen) atoms. The third kappa shape index (κ3) is 2.23. The highest BCUT2D eigenvalue weighted by molar-refractivity contribution is 6.31. The molecule has 1 atom stereocenters. The molecule has 5 rings (SSSR count). The predicted molar refractivity (Wildman–Crippen MR) is 102 cm³/mol. The van der Waals surface area contributed by atoms with Crippen LogP contribution in [0.2, 0.25) is 5.02 Å². The van der Waals surface area contributed by atoms with Gasteiger partial charge in [0.25, 0.3) is 0 Å². The Morgan fingerprint density at radius 1 is 1.04 bits per heavy atom. The van der Waals surface area contributed by atoms with Crippen LogP contribution in [0.5, 0.6) is 0 Å². The topological polar surface area (TPSA) is 76.0 Å².